The number of hydrogen-bond donors (Lipinski definition) is 2. The Morgan fingerprint density at radius 1 is 0.605 bits per heavy atom. The zero-order chi connectivity index (χ0) is 28.3. The minimum Gasteiger partial charge on any atom is -0.481 e. The van der Waals surface area contributed by atoms with Crippen LogP contribution in [0.25, 0.3) is 0 Å². The van der Waals surface area contributed by atoms with Gasteiger partial charge in [-0.25, -0.2) is 0 Å². The Bertz CT molecular complexity index is 783. The van der Waals surface area contributed by atoms with Crippen LogP contribution in [0.5, 0.6) is 0 Å². The van der Waals surface area contributed by atoms with Crippen LogP contribution in [0.15, 0.2) is 18.2 Å². The second kappa shape index (κ2) is 20.1. The average molecular weight is 531 g/mol. The quantitative estimate of drug-likeness (QED) is 0.138. The molecule has 0 saturated heterocycles. The number of carbonyl (C=O) groups is 2. The predicted molar refractivity (Wildman–Crippen MR) is 160 cm³/mol. The molecule has 0 radical (unpaired) electrons. The van der Waals surface area contributed by atoms with Crippen molar-refractivity contribution in [3.63, 3.8) is 0 Å². The summed E-state index contributed by atoms with van der Waals surface area (Å²) >= 11 is 0. The monoisotopic (exact) mass is 530 g/mol. The van der Waals surface area contributed by atoms with E-state index in [9.17, 15) is 19.8 Å². The first kappa shape index (κ1) is 34.2. The molecule has 0 spiro atoms. The molecule has 0 aromatic heterocycles. The molecule has 0 aliphatic rings. The van der Waals surface area contributed by atoms with Crippen LogP contribution >= 0.6 is 0 Å². The van der Waals surface area contributed by atoms with Crippen molar-refractivity contribution in [2.45, 2.75) is 156 Å². The molecule has 1 aromatic carbocycles. The first-order valence-electron chi connectivity index (χ1n) is 15.8. The van der Waals surface area contributed by atoms with Gasteiger partial charge in [-0.2, -0.15) is 0 Å². The fraction of sp³-hybridized carbons (Fsp3) is 0.765. The highest BCUT2D eigenvalue weighted by atomic mass is 16.4. The van der Waals surface area contributed by atoms with Crippen LogP contribution in [0.2, 0.25) is 0 Å². The molecule has 0 saturated carbocycles. The van der Waals surface area contributed by atoms with Gasteiger partial charge in [0.1, 0.15) is 0 Å². The summed E-state index contributed by atoms with van der Waals surface area (Å²) in [5.74, 6) is -1.93. The highest BCUT2D eigenvalue weighted by Gasteiger charge is 2.29. The fourth-order valence-corrected chi connectivity index (χ4v) is 5.50. The van der Waals surface area contributed by atoms with Gasteiger partial charge in [-0.1, -0.05) is 136 Å². The lowest BCUT2D eigenvalue weighted by Gasteiger charge is -2.23. The summed E-state index contributed by atoms with van der Waals surface area (Å²) in [4.78, 5) is 24.8. The molecule has 0 aliphatic carbocycles. The predicted octanol–water partition coefficient (Wildman–Crippen LogP) is 10.1. The van der Waals surface area contributed by atoms with Crippen LogP contribution < -0.4 is 0 Å². The van der Waals surface area contributed by atoms with Gasteiger partial charge in [-0.3, -0.25) is 9.59 Å². The SMILES string of the molecule is CCCCCCCCCCCCc1ccc(C(CCCC(C)C)C(=O)O)c(C(CCCC(C)C)C(=O)O)c1. The summed E-state index contributed by atoms with van der Waals surface area (Å²) in [5, 5.41) is 20.3. The van der Waals surface area contributed by atoms with E-state index in [0.717, 1.165) is 49.7 Å². The summed E-state index contributed by atoms with van der Waals surface area (Å²) in [6.45, 7) is 10.9. The van der Waals surface area contributed by atoms with Crippen molar-refractivity contribution in [2.24, 2.45) is 11.8 Å². The lowest BCUT2D eigenvalue weighted by molar-refractivity contribution is -0.140. The molecule has 218 valence electrons. The van der Waals surface area contributed by atoms with Crippen LogP contribution in [0, 0.1) is 11.8 Å². The van der Waals surface area contributed by atoms with E-state index >= 15 is 0 Å². The third-order valence-corrected chi connectivity index (χ3v) is 7.87. The molecule has 2 atom stereocenters. The third-order valence-electron chi connectivity index (χ3n) is 7.87. The van der Waals surface area contributed by atoms with Gasteiger partial charge in [0.2, 0.25) is 0 Å². The summed E-state index contributed by atoms with van der Waals surface area (Å²) in [6, 6.07) is 6.03. The fourth-order valence-electron chi connectivity index (χ4n) is 5.50. The van der Waals surface area contributed by atoms with E-state index in [-0.39, 0.29) is 0 Å². The van der Waals surface area contributed by atoms with E-state index in [2.05, 4.69) is 40.7 Å². The Morgan fingerprint density at radius 3 is 1.50 bits per heavy atom. The molecule has 4 nitrogen and oxygen atoms in total. The minimum absolute atomic E-state index is 0.523. The summed E-state index contributed by atoms with van der Waals surface area (Å²) in [5.41, 5.74) is 2.59. The van der Waals surface area contributed by atoms with Crippen molar-refractivity contribution in [3.8, 4) is 0 Å². The molecule has 0 heterocycles. The number of benzene rings is 1. The summed E-state index contributed by atoms with van der Waals surface area (Å²) in [7, 11) is 0. The Labute approximate surface area is 234 Å². The lowest BCUT2D eigenvalue weighted by Crippen LogP contribution is -2.19. The van der Waals surface area contributed by atoms with Crippen molar-refractivity contribution >= 4 is 11.9 Å². The normalized spacial score (nSPS) is 13.2. The maximum Gasteiger partial charge on any atom is 0.310 e. The standard InChI is InChI=1S/C34H58O4/c1-6-7-8-9-10-11-12-13-14-15-20-28-23-24-29(30(33(35)36)21-16-18-26(2)3)32(25-28)31(34(37)38)22-17-19-27(4)5/h23-27,30-31H,6-22H2,1-5H3,(H,35,36)(H,37,38). The van der Waals surface area contributed by atoms with Crippen molar-refractivity contribution < 1.29 is 19.8 Å². The van der Waals surface area contributed by atoms with E-state index in [1.54, 1.807) is 0 Å². The molecule has 0 fully saturated rings. The van der Waals surface area contributed by atoms with E-state index in [1.165, 1.54) is 57.8 Å². The average Bonchev–Trinajstić information content (AvgIpc) is 2.85. The Balaban J connectivity index is 2.94. The Hall–Kier alpha value is -1.84. The van der Waals surface area contributed by atoms with Gasteiger partial charge in [0, 0.05) is 0 Å². The zero-order valence-electron chi connectivity index (χ0n) is 25.3. The Kier molecular flexibility index (Phi) is 18.1. The van der Waals surface area contributed by atoms with Crippen molar-refractivity contribution in [1.82, 2.24) is 0 Å². The number of aliphatic carboxylic acids is 2. The topological polar surface area (TPSA) is 74.6 Å². The third kappa shape index (κ3) is 14.4. The van der Waals surface area contributed by atoms with Gasteiger partial charge in [0.25, 0.3) is 0 Å². The van der Waals surface area contributed by atoms with Gasteiger partial charge < -0.3 is 10.2 Å². The van der Waals surface area contributed by atoms with E-state index in [4.69, 9.17) is 0 Å². The van der Waals surface area contributed by atoms with E-state index < -0.39 is 23.8 Å². The molecule has 4 heteroatoms. The number of aryl methyl sites for hydroxylation is 1. The molecule has 0 amide bonds. The van der Waals surface area contributed by atoms with Gasteiger partial charge in [0.05, 0.1) is 11.8 Å². The Morgan fingerprint density at radius 2 is 1.05 bits per heavy atom. The van der Waals surface area contributed by atoms with E-state index in [1.807, 2.05) is 12.1 Å². The van der Waals surface area contributed by atoms with Crippen molar-refractivity contribution in [1.29, 1.82) is 0 Å². The molecule has 0 bridgehead atoms. The molecule has 2 N–H and O–H groups in total. The van der Waals surface area contributed by atoms with Crippen LogP contribution in [0.1, 0.15) is 166 Å². The van der Waals surface area contributed by atoms with Gasteiger partial charge >= 0.3 is 11.9 Å². The first-order valence-corrected chi connectivity index (χ1v) is 15.8. The van der Waals surface area contributed by atoms with Crippen LogP contribution in [-0.4, -0.2) is 22.2 Å². The number of carboxylic acid groups (broad SMARTS) is 2. The molecule has 1 aromatic rings. The van der Waals surface area contributed by atoms with Crippen LogP contribution in [-0.2, 0) is 16.0 Å². The molecule has 38 heavy (non-hydrogen) atoms. The second-order valence-corrected chi connectivity index (χ2v) is 12.3. The molecular weight excluding hydrogens is 472 g/mol. The highest BCUT2D eigenvalue weighted by Crippen LogP contribution is 2.35. The number of carboxylic acids is 2. The smallest absolute Gasteiger partial charge is 0.310 e. The van der Waals surface area contributed by atoms with Crippen LogP contribution in [0.4, 0.5) is 0 Å². The van der Waals surface area contributed by atoms with E-state index in [0.29, 0.717) is 30.2 Å². The van der Waals surface area contributed by atoms with Crippen molar-refractivity contribution in [2.75, 3.05) is 0 Å². The first-order chi connectivity index (χ1) is 18.2. The van der Waals surface area contributed by atoms with Crippen LogP contribution in [0.3, 0.4) is 0 Å². The zero-order valence-corrected chi connectivity index (χ0v) is 25.3. The molecule has 2 unspecified atom stereocenters. The summed E-state index contributed by atoms with van der Waals surface area (Å²) in [6.07, 6.45) is 18.5. The number of unbranched alkanes of at least 4 members (excludes halogenated alkanes) is 9. The van der Waals surface area contributed by atoms with Crippen molar-refractivity contribution in [3.05, 3.63) is 34.9 Å². The molecule has 1 rings (SSSR count). The maximum atomic E-state index is 12.4. The van der Waals surface area contributed by atoms with Gasteiger partial charge in [0.15, 0.2) is 0 Å². The largest absolute Gasteiger partial charge is 0.481 e. The summed E-state index contributed by atoms with van der Waals surface area (Å²) < 4.78 is 0. The number of hydrogen-bond acceptors (Lipinski definition) is 2. The molecule has 0 aliphatic heterocycles. The minimum atomic E-state index is -0.844. The second-order valence-electron chi connectivity index (χ2n) is 12.3. The highest BCUT2D eigenvalue weighted by molar-refractivity contribution is 5.80. The maximum absolute atomic E-state index is 12.4. The van der Waals surface area contributed by atoms with Gasteiger partial charge in [-0.05, 0) is 54.2 Å². The lowest BCUT2D eigenvalue weighted by atomic mass is 9.81. The van der Waals surface area contributed by atoms with Gasteiger partial charge in [-0.15, -0.1) is 0 Å². The number of rotatable bonds is 23. The molecular formula is C34H58O4.